The monoisotopic (exact) mass is 255 g/mol. The van der Waals surface area contributed by atoms with Gasteiger partial charge in [-0.3, -0.25) is 4.79 Å². The summed E-state index contributed by atoms with van der Waals surface area (Å²) in [5.74, 6) is -1.18. The van der Waals surface area contributed by atoms with Crippen LogP contribution in [0.3, 0.4) is 0 Å². The first kappa shape index (κ1) is 13.1. The number of urea groups is 1. The number of rotatable bonds is 1. The highest BCUT2D eigenvalue weighted by Crippen LogP contribution is 2.24. The number of likely N-dealkylation sites (tertiary alicyclic amines) is 1. The summed E-state index contributed by atoms with van der Waals surface area (Å²) in [6, 6.07) is -0.00528. The second kappa shape index (κ2) is 5.56. The van der Waals surface area contributed by atoms with Crippen LogP contribution in [0.1, 0.15) is 13.3 Å². The lowest BCUT2D eigenvalue weighted by Crippen LogP contribution is -2.44. The normalized spacial score (nSPS) is 29.2. The van der Waals surface area contributed by atoms with Crippen LogP contribution in [-0.2, 0) is 4.79 Å². The number of carboxylic acid groups (broad SMARTS) is 1. The largest absolute Gasteiger partial charge is 0.481 e. The van der Waals surface area contributed by atoms with Gasteiger partial charge in [0.2, 0.25) is 0 Å². The first-order chi connectivity index (χ1) is 8.59. The number of hydrogen-bond donors (Lipinski definition) is 2. The zero-order valence-corrected chi connectivity index (χ0v) is 10.8. The van der Waals surface area contributed by atoms with E-state index < -0.39 is 11.9 Å². The van der Waals surface area contributed by atoms with Gasteiger partial charge in [-0.05, 0) is 18.9 Å². The summed E-state index contributed by atoms with van der Waals surface area (Å²) in [4.78, 5) is 26.9. The van der Waals surface area contributed by atoms with Gasteiger partial charge in [0, 0.05) is 32.7 Å². The average Bonchev–Trinajstić information content (AvgIpc) is 2.56. The molecule has 2 aliphatic heterocycles. The van der Waals surface area contributed by atoms with Crippen molar-refractivity contribution in [3.05, 3.63) is 0 Å². The average molecular weight is 255 g/mol. The summed E-state index contributed by atoms with van der Waals surface area (Å²) in [5, 5.41) is 12.3. The fourth-order valence-corrected chi connectivity index (χ4v) is 2.68. The van der Waals surface area contributed by atoms with Crippen LogP contribution in [0, 0.1) is 11.8 Å². The molecule has 0 aromatic carbocycles. The molecular weight excluding hydrogens is 234 g/mol. The molecule has 0 aliphatic carbocycles. The first-order valence-electron chi connectivity index (χ1n) is 6.57. The standard InChI is InChI=1S/C12H21N3O3/c1-9-7-15(8-10(9)11(16)17)12(18)14-5-2-3-13-4-6-14/h9-10,13H,2-8H2,1H3,(H,16,17). The van der Waals surface area contributed by atoms with Crippen LogP contribution in [0.25, 0.3) is 0 Å². The van der Waals surface area contributed by atoms with Crippen LogP contribution in [-0.4, -0.2) is 66.2 Å². The summed E-state index contributed by atoms with van der Waals surface area (Å²) >= 11 is 0. The van der Waals surface area contributed by atoms with Gasteiger partial charge < -0.3 is 20.2 Å². The molecular formula is C12H21N3O3. The highest BCUT2D eigenvalue weighted by molar-refractivity contribution is 5.77. The van der Waals surface area contributed by atoms with E-state index in [0.29, 0.717) is 19.6 Å². The van der Waals surface area contributed by atoms with Crippen molar-refractivity contribution >= 4 is 12.0 Å². The Balaban J connectivity index is 1.95. The van der Waals surface area contributed by atoms with E-state index in [1.807, 2.05) is 11.8 Å². The molecule has 2 amide bonds. The molecule has 0 bridgehead atoms. The van der Waals surface area contributed by atoms with Crippen molar-refractivity contribution in [2.24, 2.45) is 11.8 Å². The van der Waals surface area contributed by atoms with Crippen molar-refractivity contribution in [3.63, 3.8) is 0 Å². The molecule has 0 radical (unpaired) electrons. The van der Waals surface area contributed by atoms with Gasteiger partial charge in [0.05, 0.1) is 5.92 Å². The highest BCUT2D eigenvalue weighted by atomic mass is 16.4. The fourth-order valence-electron chi connectivity index (χ4n) is 2.68. The molecule has 2 fully saturated rings. The van der Waals surface area contributed by atoms with Crippen molar-refractivity contribution in [3.8, 4) is 0 Å². The summed E-state index contributed by atoms with van der Waals surface area (Å²) in [5.41, 5.74) is 0. The molecule has 6 nitrogen and oxygen atoms in total. The van der Waals surface area contributed by atoms with Crippen LogP contribution in [0.2, 0.25) is 0 Å². The molecule has 2 heterocycles. The third-order valence-corrected chi connectivity index (χ3v) is 3.81. The lowest BCUT2D eigenvalue weighted by atomic mass is 9.99. The molecule has 0 aromatic rings. The molecule has 6 heteroatoms. The predicted octanol–water partition coefficient (Wildman–Crippen LogP) is 0.0542. The number of amides is 2. The Hall–Kier alpha value is -1.30. The lowest BCUT2D eigenvalue weighted by molar-refractivity contribution is -0.142. The number of nitrogens with one attached hydrogen (secondary N) is 1. The molecule has 2 rings (SSSR count). The summed E-state index contributed by atoms with van der Waals surface area (Å²) in [6.45, 7) is 6.03. The Labute approximate surface area is 107 Å². The minimum absolute atomic E-state index is 0.00528. The Morgan fingerprint density at radius 1 is 1.17 bits per heavy atom. The van der Waals surface area contributed by atoms with Crippen LogP contribution < -0.4 is 5.32 Å². The minimum Gasteiger partial charge on any atom is -0.481 e. The van der Waals surface area contributed by atoms with E-state index in [2.05, 4.69) is 5.32 Å². The summed E-state index contributed by atoms with van der Waals surface area (Å²) in [7, 11) is 0. The molecule has 18 heavy (non-hydrogen) atoms. The molecule has 0 aromatic heterocycles. The van der Waals surface area contributed by atoms with E-state index in [9.17, 15) is 9.59 Å². The molecule has 2 unspecified atom stereocenters. The molecule has 102 valence electrons. The van der Waals surface area contributed by atoms with E-state index in [1.54, 1.807) is 4.90 Å². The van der Waals surface area contributed by atoms with Gasteiger partial charge in [-0.1, -0.05) is 6.92 Å². The number of carbonyl (C=O) groups excluding carboxylic acids is 1. The highest BCUT2D eigenvalue weighted by Gasteiger charge is 2.38. The maximum atomic E-state index is 12.3. The topological polar surface area (TPSA) is 72.9 Å². The van der Waals surface area contributed by atoms with Crippen LogP contribution in [0.15, 0.2) is 0 Å². The minimum atomic E-state index is -0.796. The fraction of sp³-hybridized carbons (Fsp3) is 0.833. The number of carboxylic acids is 1. The van der Waals surface area contributed by atoms with Crippen molar-refractivity contribution < 1.29 is 14.7 Å². The van der Waals surface area contributed by atoms with Crippen molar-refractivity contribution in [1.82, 2.24) is 15.1 Å². The van der Waals surface area contributed by atoms with Gasteiger partial charge in [-0.15, -0.1) is 0 Å². The van der Waals surface area contributed by atoms with Crippen molar-refractivity contribution in [2.75, 3.05) is 39.3 Å². The van der Waals surface area contributed by atoms with Gasteiger partial charge in [-0.25, -0.2) is 4.79 Å². The number of hydrogen-bond acceptors (Lipinski definition) is 3. The Kier molecular flexibility index (Phi) is 4.06. The maximum absolute atomic E-state index is 12.3. The molecule has 2 N–H and O–H groups in total. The third-order valence-electron chi connectivity index (χ3n) is 3.81. The van der Waals surface area contributed by atoms with Gasteiger partial charge in [0.1, 0.15) is 0 Å². The third kappa shape index (κ3) is 2.75. The van der Waals surface area contributed by atoms with Gasteiger partial charge >= 0.3 is 12.0 Å². The Bertz CT molecular complexity index is 327. The van der Waals surface area contributed by atoms with E-state index in [0.717, 1.165) is 26.1 Å². The molecule has 2 atom stereocenters. The number of aliphatic carboxylic acids is 1. The molecule has 0 spiro atoms. The maximum Gasteiger partial charge on any atom is 0.320 e. The predicted molar refractivity (Wildman–Crippen MR) is 66.3 cm³/mol. The van der Waals surface area contributed by atoms with E-state index in [1.165, 1.54) is 0 Å². The van der Waals surface area contributed by atoms with E-state index in [4.69, 9.17) is 5.11 Å². The van der Waals surface area contributed by atoms with Crippen LogP contribution in [0.5, 0.6) is 0 Å². The Morgan fingerprint density at radius 2 is 1.94 bits per heavy atom. The van der Waals surface area contributed by atoms with Gasteiger partial charge in [0.15, 0.2) is 0 Å². The number of nitrogens with zero attached hydrogens (tertiary/aromatic N) is 2. The summed E-state index contributed by atoms with van der Waals surface area (Å²) in [6.07, 6.45) is 0.956. The van der Waals surface area contributed by atoms with Crippen molar-refractivity contribution in [2.45, 2.75) is 13.3 Å². The first-order valence-corrected chi connectivity index (χ1v) is 6.57. The molecule has 0 saturated carbocycles. The van der Waals surface area contributed by atoms with Crippen molar-refractivity contribution in [1.29, 1.82) is 0 Å². The molecule has 2 saturated heterocycles. The zero-order valence-electron chi connectivity index (χ0n) is 10.8. The van der Waals surface area contributed by atoms with E-state index in [-0.39, 0.29) is 11.9 Å². The SMILES string of the molecule is CC1CN(C(=O)N2CCCNCC2)CC1C(=O)O. The smallest absolute Gasteiger partial charge is 0.320 e. The van der Waals surface area contributed by atoms with Gasteiger partial charge in [-0.2, -0.15) is 0 Å². The zero-order chi connectivity index (χ0) is 13.1. The lowest BCUT2D eigenvalue weighted by Gasteiger charge is -2.26. The quantitative estimate of drug-likeness (QED) is 0.694. The van der Waals surface area contributed by atoms with E-state index >= 15 is 0 Å². The molecule has 2 aliphatic rings. The second-order valence-electron chi connectivity index (χ2n) is 5.20. The van der Waals surface area contributed by atoms with Crippen LogP contribution in [0.4, 0.5) is 4.79 Å². The van der Waals surface area contributed by atoms with Gasteiger partial charge in [0.25, 0.3) is 0 Å². The number of carbonyl (C=O) groups is 2. The Morgan fingerprint density at radius 3 is 2.61 bits per heavy atom. The summed E-state index contributed by atoms with van der Waals surface area (Å²) < 4.78 is 0. The van der Waals surface area contributed by atoms with Crippen LogP contribution >= 0.6 is 0 Å². The second-order valence-corrected chi connectivity index (χ2v) is 5.20.